The van der Waals surface area contributed by atoms with E-state index >= 15 is 0 Å². The van der Waals surface area contributed by atoms with Gasteiger partial charge in [-0.25, -0.2) is 0 Å². The lowest BCUT2D eigenvalue weighted by atomic mass is 10.1. The summed E-state index contributed by atoms with van der Waals surface area (Å²) in [7, 11) is 0. The van der Waals surface area contributed by atoms with Gasteiger partial charge in [-0.3, -0.25) is 9.59 Å². The molecule has 1 saturated heterocycles. The van der Waals surface area contributed by atoms with E-state index in [4.69, 9.17) is 0 Å². The highest BCUT2D eigenvalue weighted by molar-refractivity contribution is 7.12. The molecule has 0 spiro atoms. The van der Waals surface area contributed by atoms with Gasteiger partial charge >= 0.3 is 0 Å². The summed E-state index contributed by atoms with van der Waals surface area (Å²) in [4.78, 5) is 26.6. The molecule has 1 aliphatic heterocycles. The van der Waals surface area contributed by atoms with Crippen LogP contribution in [-0.4, -0.2) is 24.9 Å². The first-order valence-corrected chi connectivity index (χ1v) is 8.20. The predicted octanol–water partition coefficient (Wildman–Crippen LogP) is 2.84. The predicted molar refractivity (Wildman–Crippen MR) is 88.3 cm³/mol. The van der Waals surface area contributed by atoms with Crippen LogP contribution in [-0.2, 0) is 4.79 Å². The minimum atomic E-state index is -0.0590. The van der Waals surface area contributed by atoms with Gasteiger partial charge in [0, 0.05) is 31.1 Å². The van der Waals surface area contributed by atoms with Crippen LogP contribution in [0.2, 0.25) is 0 Å². The average molecular weight is 314 g/mol. The first-order valence-electron chi connectivity index (χ1n) is 7.32. The Hall–Kier alpha value is -2.14. The van der Waals surface area contributed by atoms with Gasteiger partial charge in [0.05, 0.1) is 4.88 Å². The molecule has 0 aliphatic carbocycles. The second-order valence-corrected chi connectivity index (χ2v) is 6.55. The Balaban J connectivity index is 1.58. The van der Waals surface area contributed by atoms with Gasteiger partial charge < -0.3 is 10.2 Å². The average Bonchev–Trinajstić information content (AvgIpc) is 3.15. The first kappa shape index (κ1) is 14.8. The van der Waals surface area contributed by atoms with Gasteiger partial charge in [0.1, 0.15) is 0 Å². The van der Waals surface area contributed by atoms with Crippen molar-refractivity contribution in [1.29, 1.82) is 0 Å². The van der Waals surface area contributed by atoms with Crippen molar-refractivity contribution in [2.75, 3.05) is 18.0 Å². The van der Waals surface area contributed by atoms with Gasteiger partial charge in [-0.2, -0.15) is 0 Å². The zero-order valence-corrected chi connectivity index (χ0v) is 13.2. The molecule has 4 nitrogen and oxygen atoms in total. The van der Waals surface area contributed by atoms with Crippen LogP contribution in [0.4, 0.5) is 5.69 Å². The molecule has 22 heavy (non-hydrogen) atoms. The van der Waals surface area contributed by atoms with Crippen molar-refractivity contribution < 1.29 is 9.59 Å². The summed E-state index contributed by atoms with van der Waals surface area (Å²) in [6, 6.07) is 11.6. The van der Waals surface area contributed by atoms with E-state index in [1.807, 2.05) is 42.6 Å². The number of nitrogens with one attached hydrogen (secondary N) is 1. The Bertz CT molecular complexity index is 664. The molecule has 114 valence electrons. The van der Waals surface area contributed by atoms with Gasteiger partial charge in [-0.15, -0.1) is 11.3 Å². The number of benzene rings is 1. The number of aryl methyl sites for hydroxylation is 1. The van der Waals surface area contributed by atoms with Crippen LogP contribution in [0, 0.1) is 12.8 Å². The quantitative estimate of drug-likeness (QED) is 0.943. The Morgan fingerprint density at radius 3 is 2.77 bits per heavy atom. The van der Waals surface area contributed by atoms with E-state index in [1.54, 1.807) is 11.0 Å². The monoisotopic (exact) mass is 314 g/mol. The number of hydrogen-bond acceptors (Lipinski definition) is 3. The van der Waals surface area contributed by atoms with Gasteiger partial charge in [0.25, 0.3) is 5.91 Å². The van der Waals surface area contributed by atoms with Crippen LogP contribution >= 0.6 is 11.3 Å². The fourth-order valence-corrected chi connectivity index (χ4v) is 3.26. The number of nitrogens with zero attached hydrogens (tertiary/aromatic N) is 1. The van der Waals surface area contributed by atoms with Crippen molar-refractivity contribution in [2.24, 2.45) is 5.92 Å². The van der Waals surface area contributed by atoms with Crippen LogP contribution < -0.4 is 10.2 Å². The molecule has 2 aromatic rings. The first-order chi connectivity index (χ1) is 10.6. The topological polar surface area (TPSA) is 49.4 Å². The summed E-state index contributed by atoms with van der Waals surface area (Å²) in [5.74, 6) is 0.230. The van der Waals surface area contributed by atoms with Crippen molar-refractivity contribution >= 4 is 28.8 Å². The molecule has 1 aromatic heterocycles. The summed E-state index contributed by atoms with van der Waals surface area (Å²) in [6.45, 7) is 3.22. The van der Waals surface area contributed by atoms with Gasteiger partial charge in [0.15, 0.2) is 0 Å². The van der Waals surface area contributed by atoms with E-state index in [9.17, 15) is 9.59 Å². The minimum Gasteiger partial charge on any atom is -0.351 e. The van der Waals surface area contributed by atoms with E-state index in [1.165, 1.54) is 16.9 Å². The zero-order chi connectivity index (χ0) is 15.5. The van der Waals surface area contributed by atoms with E-state index in [-0.39, 0.29) is 17.7 Å². The summed E-state index contributed by atoms with van der Waals surface area (Å²) in [5.41, 5.74) is 2.11. The Kier molecular flexibility index (Phi) is 4.24. The van der Waals surface area contributed by atoms with Gasteiger partial charge in [0.2, 0.25) is 5.91 Å². The van der Waals surface area contributed by atoms with Crippen LogP contribution in [0.15, 0.2) is 41.8 Å². The number of hydrogen-bond donors (Lipinski definition) is 1. The maximum atomic E-state index is 12.2. The van der Waals surface area contributed by atoms with Crippen LogP contribution in [0.25, 0.3) is 0 Å². The summed E-state index contributed by atoms with van der Waals surface area (Å²) in [6.07, 6.45) is 0.485. The highest BCUT2D eigenvalue weighted by Crippen LogP contribution is 2.25. The fourth-order valence-electron chi connectivity index (χ4n) is 2.62. The van der Waals surface area contributed by atoms with Crippen LogP contribution in [0.1, 0.15) is 21.7 Å². The molecule has 5 heteroatoms. The lowest BCUT2D eigenvalue weighted by Gasteiger charge is -2.17. The molecular weight excluding hydrogens is 296 g/mol. The smallest absolute Gasteiger partial charge is 0.261 e. The largest absolute Gasteiger partial charge is 0.351 e. The lowest BCUT2D eigenvalue weighted by Crippen LogP contribution is -2.30. The third-order valence-electron chi connectivity index (χ3n) is 3.85. The van der Waals surface area contributed by atoms with Crippen LogP contribution in [0.3, 0.4) is 0 Å². The van der Waals surface area contributed by atoms with Crippen molar-refractivity contribution in [3.8, 4) is 0 Å². The van der Waals surface area contributed by atoms with Gasteiger partial charge in [-0.1, -0.05) is 23.8 Å². The van der Waals surface area contributed by atoms with Crippen molar-refractivity contribution in [3.05, 3.63) is 52.2 Å². The third-order valence-corrected chi connectivity index (χ3v) is 4.72. The molecule has 0 saturated carbocycles. The molecule has 2 heterocycles. The normalized spacial score (nSPS) is 17.8. The highest BCUT2D eigenvalue weighted by Gasteiger charge is 2.30. The molecule has 1 aromatic carbocycles. The van der Waals surface area contributed by atoms with E-state index < -0.39 is 0 Å². The van der Waals surface area contributed by atoms with Gasteiger partial charge in [-0.05, 0) is 30.5 Å². The second-order valence-electron chi connectivity index (χ2n) is 5.60. The number of rotatable bonds is 4. The second kappa shape index (κ2) is 6.32. The number of amides is 2. The summed E-state index contributed by atoms with van der Waals surface area (Å²) < 4.78 is 0. The van der Waals surface area contributed by atoms with E-state index in [2.05, 4.69) is 5.32 Å². The van der Waals surface area contributed by atoms with Crippen molar-refractivity contribution in [1.82, 2.24) is 5.32 Å². The SMILES string of the molecule is Cc1ccc(N2C[C@H](CNC(=O)c3cccs3)CC2=O)cc1. The fraction of sp³-hybridized carbons (Fsp3) is 0.294. The Morgan fingerprint density at radius 2 is 2.09 bits per heavy atom. The molecule has 1 fully saturated rings. The molecular formula is C17H18N2O2S. The molecule has 0 bridgehead atoms. The zero-order valence-electron chi connectivity index (χ0n) is 12.4. The molecule has 0 unspecified atom stereocenters. The molecule has 1 atom stereocenters. The standard InChI is InChI=1S/C17H18N2O2S/c1-12-4-6-14(7-5-12)19-11-13(9-16(19)20)10-18-17(21)15-3-2-8-22-15/h2-8,13H,9-11H2,1H3,(H,18,21)/t13-/m0/s1. The number of carbonyl (C=O) groups is 2. The molecule has 0 radical (unpaired) electrons. The summed E-state index contributed by atoms with van der Waals surface area (Å²) >= 11 is 1.42. The van der Waals surface area contributed by atoms with Crippen molar-refractivity contribution in [3.63, 3.8) is 0 Å². The molecule has 2 amide bonds. The Labute approximate surface area is 133 Å². The Morgan fingerprint density at radius 1 is 1.32 bits per heavy atom. The maximum absolute atomic E-state index is 12.2. The third kappa shape index (κ3) is 3.20. The number of thiophene rings is 1. The molecule has 3 rings (SSSR count). The highest BCUT2D eigenvalue weighted by atomic mass is 32.1. The van der Waals surface area contributed by atoms with E-state index in [0.29, 0.717) is 24.4 Å². The van der Waals surface area contributed by atoms with E-state index in [0.717, 1.165) is 5.69 Å². The van der Waals surface area contributed by atoms with Crippen LogP contribution in [0.5, 0.6) is 0 Å². The minimum absolute atomic E-state index is 0.0590. The maximum Gasteiger partial charge on any atom is 0.261 e. The van der Waals surface area contributed by atoms with Crippen molar-refractivity contribution in [2.45, 2.75) is 13.3 Å². The lowest BCUT2D eigenvalue weighted by molar-refractivity contribution is -0.117. The molecule has 1 aliphatic rings. The summed E-state index contributed by atoms with van der Waals surface area (Å²) in [5, 5.41) is 4.80. The number of anilines is 1. The molecule has 1 N–H and O–H groups in total. The number of carbonyl (C=O) groups excluding carboxylic acids is 2.